The summed E-state index contributed by atoms with van der Waals surface area (Å²) >= 11 is 0. The van der Waals surface area contributed by atoms with E-state index < -0.39 is 11.6 Å². The van der Waals surface area contributed by atoms with Gasteiger partial charge >= 0.3 is 6.01 Å². The van der Waals surface area contributed by atoms with Gasteiger partial charge in [0.25, 0.3) is 0 Å². The molecule has 1 N–H and O–H groups in total. The van der Waals surface area contributed by atoms with Gasteiger partial charge in [-0.15, -0.1) is 0 Å². The lowest BCUT2D eigenvalue weighted by Gasteiger charge is -2.37. The molecule has 6 heterocycles. The maximum absolute atomic E-state index is 16.6. The summed E-state index contributed by atoms with van der Waals surface area (Å²) in [5.74, 6) is 0.0626. The quantitative estimate of drug-likeness (QED) is 0.320. The molecule has 8 rings (SSSR count). The third-order valence-electron chi connectivity index (χ3n) is 9.87. The smallest absolute Gasteiger partial charge is 0.319 e. The van der Waals surface area contributed by atoms with Crippen LogP contribution in [0.4, 0.5) is 14.6 Å². The summed E-state index contributed by atoms with van der Waals surface area (Å²) in [7, 11) is 0. The third-order valence-corrected chi connectivity index (χ3v) is 9.87. The molecule has 216 valence electrons. The van der Waals surface area contributed by atoms with Gasteiger partial charge in [-0.25, -0.2) is 8.78 Å². The Labute approximate surface area is 243 Å². The Balaban J connectivity index is 1.25. The van der Waals surface area contributed by atoms with Gasteiger partial charge in [-0.05, 0) is 69.1 Å². The van der Waals surface area contributed by atoms with Crippen molar-refractivity contribution in [3.05, 3.63) is 65.9 Å². The summed E-state index contributed by atoms with van der Waals surface area (Å²) in [5, 5.41) is 5.04. The Morgan fingerprint density at radius 1 is 1.05 bits per heavy atom. The highest BCUT2D eigenvalue weighted by Crippen LogP contribution is 2.40. The van der Waals surface area contributed by atoms with Gasteiger partial charge in [-0.1, -0.05) is 42.0 Å². The summed E-state index contributed by atoms with van der Waals surface area (Å²) in [6, 6.07) is 10.4. The molecule has 2 aromatic carbocycles. The predicted molar refractivity (Wildman–Crippen MR) is 160 cm³/mol. The Kier molecular flexibility index (Phi) is 6.33. The molecule has 3 fully saturated rings. The zero-order chi connectivity index (χ0) is 28.3. The second-order valence-electron chi connectivity index (χ2n) is 12.2. The van der Waals surface area contributed by atoms with E-state index in [0.29, 0.717) is 46.6 Å². The number of benzene rings is 2. The van der Waals surface area contributed by atoms with E-state index in [1.807, 2.05) is 12.1 Å². The highest BCUT2D eigenvalue weighted by Gasteiger charge is 2.45. The molecule has 0 aliphatic carbocycles. The van der Waals surface area contributed by atoms with Crippen molar-refractivity contribution in [3.8, 4) is 17.3 Å². The largest absolute Gasteiger partial charge is 0.461 e. The molecule has 0 amide bonds. The first-order valence-corrected chi connectivity index (χ1v) is 15.2. The Morgan fingerprint density at radius 2 is 1.88 bits per heavy atom. The first kappa shape index (κ1) is 26.0. The number of piperidine rings is 1. The van der Waals surface area contributed by atoms with E-state index in [9.17, 15) is 0 Å². The molecule has 2 aromatic heterocycles. The van der Waals surface area contributed by atoms with Crippen LogP contribution in [0.2, 0.25) is 0 Å². The predicted octanol–water partition coefficient (Wildman–Crippen LogP) is 5.49. The molecule has 3 saturated heterocycles. The van der Waals surface area contributed by atoms with Crippen LogP contribution in [0.5, 0.6) is 6.01 Å². The van der Waals surface area contributed by atoms with E-state index in [1.165, 1.54) is 11.6 Å². The number of anilines is 1. The summed E-state index contributed by atoms with van der Waals surface area (Å²) in [4.78, 5) is 18.9. The monoisotopic (exact) mass is 568 g/mol. The lowest BCUT2D eigenvalue weighted by molar-refractivity contribution is 0.108. The van der Waals surface area contributed by atoms with E-state index in [-0.39, 0.29) is 22.8 Å². The van der Waals surface area contributed by atoms with Crippen LogP contribution in [0.1, 0.15) is 32.1 Å². The number of halogens is 2. The molecule has 4 aliphatic rings. The summed E-state index contributed by atoms with van der Waals surface area (Å²) in [6.07, 6.45) is 9.48. The van der Waals surface area contributed by atoms with Gasteiger partial charge in [0.05, 0.1) is 10.9 Å². The fourth-order valence-corrected chi connectivity index (χ4v) is 7.69. The fourth-order valence-electron chi connectivity index (χ4n) is 7.69. The molecule has 0 saturated carbocycles. The fraction of sp³-hybridized carbons (Fsp3) is 0.424. The summed E-state index contributed by atoms with van der Waals surface area (Å²) in [6.45, 7) is 6.05. The van der Waals surface area contributed by atoms with Gasteiger partial charge in [0.2, 0.25) is 0 Å². The Morgan fingerprint density at radius 3 is 2.74 bits per heavy atom. The Bertz CT molecular complexity index is 1710. The number of ether oxygens (including phenoxy) is 1. The molecule has 1 unspecified atom stereocenters. The number of hydrogen-bond acceptors (Lipinski definition) is 7. The number of pyridine rings is 1. The van der Waals surface area contributed by atoms with E-state index in [2.05, 4.69) is 31.2 Å². The van der Waals surface area contributed by atoms with Crippen molar-refractivity contribution in [2.75, 3.05) is 50.8 Å². The molecule has 0 radical (unpaired) electrons. The minimum Gasteiger partial charge on any atom is -0.461 e. The molecular formula is C33H34F2N6O. The lowest BCUT2D eigenvalue weighted by Crippen LogP contribution is -2.43. The van der Waals surface area contributed by atoms with E-state index in [0.717, 1.165) is 64.8 Å². The molecule has 1 atom stereocenters. The number of aromatic nitrogens is 3. The van der Waals surface area contributed by atoms with Crippen LogP contribution in [0, 0.1) is 17.6 Å². The average Bonchev–Trinajstić information content (AvgIpc) is 3.61. The highest BCUT2D eigenvalue weighted by atomic mass is 19.1. The lowest BCUT2D eigenvalue weighted by atomic mass is 9.89. The Hall–Kier alpha value is -3.69. The van der Waals surface area contributed by atoms with Crippen molar-refractivity contribution in [1.29, 1.82) is 0 Å². The van der Waals surface area contributed by atoms with Gasteiger partial charge in [-0.3, -0.25) is 9.88 Å². The van der Waals surface area contributed by atoms with Crippen LogP contribution < -0.4 is 15.0 Å². The van der Waals surface area contributed by atoms with Crippen LogP contribution in [-0.2, 0) is 0 Å². The number of fused-ring (bicyclic) bond motifs is 4. The number of hydrogen-bond donors (Lipinski definition) is 1. The van der Waals surface area contributed by atoms with Crippen molar-refractivity contribution in [2.24, 2.45) is 5.92 Å². The van der Waals surface area contributed by atoms with E-state index in [4.69, 9.17) is 9.72 Å². The average molecular weight is 569 g/mol. The summed E-state index contributed by atoms with van der Waals surface area (Å²) in [5.41, 5.74) is 2.07. The van der Waals surface area contributed by atoms with Crippen molar-refractivity contribution in [3.63, 3.8) is 0 Å². The van der Waals surface area contributed by atoms with E-state index in [1.54, 1.807) is 24.4 Å². The zero-order valence-corrected chi connectivity index (χ0v) is 23.6. The first-order valence-electron chi connectivity index (χ1n) is 15.2. The number of nitrogens with zero attached hydrogens (tertiary/aromatic N) is 5. The third kappa shape index (κ3) is 4.24. The van der Waals surface area contributed by atoms with Gasteiger partial charge < -0.3 is 15.0 Å². The van der Waals surface area contributed by atoms with Gasteiger partial charge in [0.15, 0.2) is 5.82 Å². The maximum atomic E-state index is 16.6. The second-order valence-corrected chi connectivity index (χ2v) is 12.2. The first-order chi connectivity index (χ1) is 20.6. The highest BCUT2D eigenvalue weighted by molar-refractivity contribution is 5.99. The van der Waals surface area contributed by atoms with Crippen LogP contribution in [0.15, 0.2) is 54.2 Å². The molecular weight excluding hydrogens is 534 g/mol. The maximum Gasteiger partial charge on any atom is 0.319 e. The number of nitrogens with one attached hydrogen (secondary N) is 1. The van der Waals surface area contributed by atoms with Crippen molar-refractivity contribution in [2.45, 2.75) is 37.6 Å². The normalized spacial score (nSPS) is 21.9. The van der Waals surface area contributed by atoms with Crippen LogP contribution in [0.3, 0.4) is 0 Å². The second kappa shape index (κ2) is 10.2. The summed E-state index contributed by atoms with van der Waals surface area (Å²) < 4.78 is 38.0. The van der Waals surface area contributed by atoms with Gasteiger partial charge in [-0.2, -0.15) is 9.97 Å². The molecule has 0 spiro atoms. The molecule has 7 nitrogen and oxygen atoms in total. The SMILES string of the molecule is Fc1c(-c2cccc3cccc(F)c23)ncc2c(N3CC=C4CNCCC4C3)nc(OCC34CCCN3CCC4)nc12. The molecule has 9 heteroatoms. The minimum atomic E-state index is -0.589. The van der Waals surface area contributed by atoms with Crippen molar-refractivity contribution < 1.29 is 13.5 Å². The number of rotatable bonds is 5. The zero-order valence-electron chi connectivity index (χ0n) is 23.6. The van der Waals surface area contributed by atoms with Crippen molar-refractivity contribution in [1.82, 2.24) is 25.2 Å². The van der Waals surface area contributed by atoms with Gasteiger partial charge in [0.1, 0.15) is 29.5 Å². The van der Waals surface area contributed by atoms with Crippen molar-refractivity contribution >= 4 is 27.5 Å². The van der Waals surface area contributed by atoms with Gasteiger partial charge in [0, 0.05) is 36.8 Å². The standard InChI is InChI=1S/C33H34F2N6O/c34-26-8-2-6-21-5-1-7-24(27(21)26)29-28(35)30-25(18-37-29)31(40-16-10-22-17-36-13-9-23(22)19-40)39-32(38-30)42-20-33-11-3-14-41(33)15-4-12-33/h1-2,5-8,10,18,23,36H,3-4,9,11-17,19-20H2. The van der Waals surface area contributed by atoms with Crippen LogP contribution >= 0.6 is 0 Å². The molecule has 4 aromatic rings. The van der Waals surface area contributed by atoms with Crippen LogP contribution in [-0.4, -0.2) is 71.3 Å². The molecule has 42 heavy (non-hydrogen) atoms. The van der Waals surface area contributed by atoms with E-state index >= 15 is 8.78 Å². The topological polar surface area (TPSA) is 66.4 Å². The van der Waals surface area contributed by atoms with Crippen LogP contribution in [0.25, 0.3) is 32.9 Å². The molecule has 0 bridgehead atoms. The molecule has 4 aliphatic heterocycles. The minimum absolute atomic E-state index is 0.0127.